The maximum absolute atomic E-state index is 13.2. The minimum absolute atomic E-state index is 0.00892. The molecule has 2 N–H and O–H groups in total. The summed E-state index contributed by atoms with van der Waals surface area (Å²) in [4.78, 5) is 34.0. The van der Waals surface area contributed by atoms with Crippen molar-refractivity contribution in [1.82, 2.24) is 20.1 Å². The molecule has 188 valence electrons. The molecule has 1 aromatic heterocycles. The number of aromatic nitrogens is 1. The molecule has 0 radical (unpaired) electrons. The Bertz CT molecular complexity index is 1040. The minimum atomic E-state index is -0.297. The van der Waals surface area contributed by atoms with E-state index in [1.807, 2.05) is 23.9 Å². The number of halogens is 2. The molecule has 0 spiro atoms. The van der Waals surface area contributed by atoms with Crippen molar-refractivity contribution in [2.24, 2.45) is 0 Å². The third-order valence-electron chi connectivity index (χ3n) is 6.44. The Hall–Kier alpha value is -2.91. The summed E-state index contributed by atoms with van der Waals surface area (Å²) in [5.41, 5.74) is 0.304. The molecule has 2 amide bonds. The van der Waals surface area contributed by atoms with Gasteiger partial charge in [0.05, 0.1) is 17.1 Å². The molecule has 2 aliphatic rings. The molecule has 2 saturated heterocycles. The summed E-state index contributed by atoms with van der Waals surface area (Å²) in [5, 5.41) is 6.24. The SMILES string of the molecule is CN(C)CCNC(=O)c1cc(Cl)cnc1NCC(=O)N1C2CCC1CC(Oc1ccc(F)cc1)C2. The second-order valence-electron chi connectivity index (χ2n) is 9.31. The normalized spacial score (nSPS) is 21.2. The van der Waals surface area contributed by atoms with Crippen LogP contribution in [0.1, 0.15) is 36.0 Å². The second-order valence-corrected chi connectivity index (χ2v) is 9.75. The highest BCUT2D eigenvalue weighted by Gasteiger charge is 2.43. The first-order valence-electron chi connectivity index (χ1n) is 11.9. The molecule has 2 unspecified atom stereocenters. The summed E-state index contributed by atoms with van der Waals surface area (Å²) in [6, 6.07) is 7.78. The van der Waals surface area contributed by atoms with Crippen molar-refractivity contribution in [3.8, 4) is 5.75 Å². The van der Waals surface area contributed by atoms with Crippen molar-refractivity contribution in [3.05, 3.63) is 52.9 Å². The number of hydrogen-bond donors (Lipinski definition) is 2. The van der Waals surface area contributed by atoms with Crippen LogP contribution in [0.5, 0.6) is 5.75 Å². The van der Waals surface area contributed by atoms with E-state index in [0.29, 0.717) is 35.2 Å². The summed E-state index contributed by atoms with van der Waals surface area (Å²) < 4.78 is 19.2. The highest BCUT2D eigenvalue weighted by atomic mass is 35.5. The van der Waals surface area contributed by atoms with Crippen LogP contribution in [0.3, 0.4) is 0 Å². The van der Waals surface area contributed by atoms with E-state index in [4.69, 9.17) is 16.3 Å². The number of nitrogens with one attached hydrogen (secondary N) is 2. The van der Waals surface area contributed by atoms with Crippen molar-refractivity contribution >= 4 is 29.2 Å². The zero-order valence-electron chi connectivity index (χ0n) is 20.0. The van der Waals surface area contributed by atoms with Crippen molar-refractivity contribution < 1.29 is 18.7 Å². The zero-order chi connectivity index (χ0) is 24.9. The second kappa shape index (κ2) is 11.2. The van der Waals surface area contributed by atoms with E-state index in [2.05, 4.69) is 15.6 Å². The van der Waals surface area contributed by atoms with Gasteiger partial charge in [0.15, 0.2) is 0 Å². The van der Waals surface area contributed by atoms with Gasteiger partial charge >= 0.3 is 0 Å². The molecule has 2 atom stereocenters. The molecule has 4 rings (SSSR count). The largest absolute Gasteiger partial charge is 0.490 e. The van der Waals surface area contributed by atoms with Crippen molar-refractivity contribution in [2.45, 2.75) is 43.9 Å². The topological polar surface area (TPSA) is 86.8 Å². The highest BCUT2D eigenvalue weighted by Crippen LogP contribution is 2.37. The summed E-state index contributed by atoms with van der Waals surface area (Å²) >= 11 is 6.07. The molecule has 8 nitrogen and oxygen atoms in total. The van der Waals surface area contributed by atoms with Crippen LogP contribution >= 0.6 is 11.6 Å². The molecular formula is C25H31ClFN5O3. The van der Waals surface area contributed by atoms with E-state index < -0.39 is 0 Å². The van der Waals surface area contributed by atoms with E-state index >= 15 is 0 Å². The van der Waals surface area contributed by atoms with Gasteiger partial charge in [-0.25, -0.2) is 9.37 Å². The van der Waals surface area contributed by atoms with E-state index in [-0.39, 0.29) is 42.4 Å². The molecule has 0 saturated carbocycles. The van der Waals surface area contributed by atoms with E-state index in [0.717, 1.165) is 25.7 Å². The van der Waals surface area contributed by atoms with Gasteiger partial charge in [-0.2, -0.15) is 0 Å². The van der Waals surface area contributed by atoms with Crippen LogP contribution in [-0.2, 0) is 4.79 Å². The predicted octanol–water partition coefficient (Wildman–Crippen LogP) is 3.18. The summed E-state index contributed by atoms with van der Waals surface area (Å²) in [5.74, 6) is 0.341. The number of hydrogen-bond acceptors (Lipinski definition) is 6. The van der Waals surface area contributed by atoms with E-state index in [1.165, 1.54) is 18.3 Å². The molecule has 2 bridgehead atoms. The lowest BCUT2D eigenvalue weighted by Crippen LogP contribution is -2.51. The minimum Gasteiger partial charge on any atom is -0.490 e. The lowest BCUT2D eigenvalue weighted by atomic mass is 9.99. The molecule has 10 heteroatoms. The Balaban J connectivity index is 1.34. The molecule has 2 aromatic rings. The van der Waals surface area contributed by atoms with Gasteiger partial charge in [-0.1, -0.05) is 11.6 Å². The molecule has 2 fully saturated rings. The number of piperidine rings is 1. The predicted molar refractivity (Wildman–Crippen MR) is 132 cm³/mol. The van der Waals surface area contributed by atoms with Gasteiger partial charge < -0.3 is 25.2 Å². The quantitative estimate of drug-likeness (QED) is 0.546. The third-order valence-corrected chi connectivity index (χ3v) is 6.65. The monoisotopic (exact) mass is 503 g/mol. The number of pyridine rings is 1. The third kappa shape index (κ3) is 6.41. The van der Waals surface area contributed by atoms with Crippen LogP contribution in [-0.4, -0.2) is 78.5 Å². The average Bonchev–Trinajstić information content (AvgIpc) is 3.09. The van der Waals surface area contributed by atoms with Gasteiger partial charge in [0, 0.05) is 44.2 Å². The van der Waals surface area contributed by atoms with Gasteiger partial charge in [0.25, 0.3) is 5.91 Å². The maximum atomic E-state index is 13.2. The fraction of sp³-hybridized carbons (Fsp3) is 0.480. The van der Waals surface area contributed by atoms with Gasteiger partial charge in [0.1, 0.15) is 23.5 Å². The number of nitrogens with zero attached hydrogens (tertiary/aromatic N) is 3. The number of benzene rings is 1. The summed E-state index contributed by atoms with van der Waals surface area (Å²) in [6.45, 7) is 1.21. The van der Waals surface area contributed by atoms with Crippen LogP contribution in [0.15, 0.2) is 36.5 Å². The lowest BCUT2D eigenvalue weighted by Gasteiger charge is -2.39. The van der Waals surface area contributed by atoms with Crippen LogP contribution in [0, 0.1) is 5.82 Å². The molecule has 35 heavy (non-hydrogen) atoms. The first-order valence-corrected chi connectivity index (χ1v) is 12.2. The number of amides is 2. The number of anilines is 1. The zero-order valence-corrected chi connectivity index (χ0v) is 20.7. The Morgan fingerprint density at radius 3 is 2.54 bits per heavy atom. The summed E-state index contributed by atoms with van der Waals surface area (Å²) in [6.07, 6.45) is 4.77. The number of rotatable bonds is 9. The maximum Gasteiger partial charge on any atom is 0.255 e. The molecular weight excluding hydrogens is 473 g/mol. The number of carbonyl (C=O) groups excluding carboxylic acids is 2. The fourth-order valence-corrected chi connectivity index (χ4v) is 4.99. The average molecular weight is 504 g/mol. The van der Waals surface area contributed by atoms with Gasteiger partial charge in [-0.05, 0) is 57.3 Å². The Morgan fingerprint density at radius 1 is 1.20 bits per heavy atom. The van der Waals surface area contributed by atoms with Crippen LogP contribution < -0.4 is 15.4 Å². The Kier molecular flexibility index (Phi) is 8.07. The standard InChI is InChI=1S/C25H31ClFN5O3/c1-31(2)10-9-28-25(34)22-11-16(26)14-29-24(22)30-15-23(33)32-18-5-6-19(32)13-21(12-18)35-20-7-3-17(27)4-8-20/h3-4,7-8,11,14,18-19,21H,5-6,9-10,12-13,15H2,1-2H3,(H,28,34)(H,29,30). The van der Waals surface area contributed by atoms with Crippen molar-refractivity contribution in [2.75, 3.05) is 39.0 Å². The fourth-order valence-electron chi connectivity index (χ4n) is 4.83. The van der Waals surface area contributed by atoms with Crippen molar-refractivity contribution in [3.63, 3.8) is 0 Å². The highest BCUT2D eigenvalue weighted by molar-refractivity contribution is 6.31. The van der Waals surface area contributed by atoms with Crippen molar-refractivity contribution in [1.29, 1.82) is 0 Å². The smallest absolute Gasteiger partial charge is 0.255 e. The van der Waals surface area contributed by atoms with Gasteiger partial charge in [0.2, 0.25) is 5.91 Å². The van der Waals surface area contributed by atoms with Crippen LogP contribution in [0.4, 0.5) is 10.2 Å². The first-order chi connectivity index (χ1) is 16.8. The van der Waals surface area contributed by atoms with Crippen LogP contribution in [0.25, 0.3) is 0 Å². The number of fused-ring (bicyclic) bond motifs is 2. The van der Waals surface area contributed by atoms with Gasteiger partial charge in [-0.15, -0.1) is 0 Å². The molecule has 0 aliphatic carbocycles. The van der Waals surface area contributed by atoms with E-state index in [9.17, 15) is 14.0 Å². The first kappa shape index (κ1) is 25.2. The molecule has 3 heterocycles. The summed E-state index contributed by atoms with van der Waals surface area (Å²) in [7, 11) is 3.85. The Morgan fingerprint density at radius 2 is 1.89 bits per heavy atom. The van der Waals surface area contributed by atoms with Crippen LogP contribution in [0.2, 0.25) is 5.02 Å². The molecule has 2 aliphatic heterocycles. The number of ether oxygens (including phenoxy) is 1. The Labute approximate surface area is 209 Å². The van der Waals surface area contributed by atoms with E-state index in [1.54, 1.807) is 18.2 Å². The number of carbonyl (C=O) groups is 2. The van der Waals surface area contributed by atoms with Gasteiger partial charge in [-0.3, -0.25) is 9.59 Å². The molecule has 1 aromatic carbocycles. The lowest BCUT2D eigenvalue weighted by molar-refractivity contribution is -0.135. The number of likely N-dealkylation sites (N-methyl/N-ethyl adjacent to an activating group) is 1.